The van der Waals surface area contributed by atoms with Crippen LogP contribution in [0.4, 0.5) is 13.6 Å². The molecule has 0 atom stereocenters. The lowest BCUT2D eigenvalue weighted by Gasteiger charge is -2.24. The first-order chi connectivity index (χ1) is 10.5. The molecular weight excluding hydrogens is 308 g/mol. The number of carbonyl (C=O) groups excluding carboxylic acids is 2. The first kappa shape index (κ1) is 21.6. The molecule has 0 unspecified atom stereocenters. The lowest BCUT2D eigenvalue weighted by atomic mass is 10.2. The molecule has 1 aliphatic rings. The predicted molar refractivity (Wildman–Crippen MR) is 83.5 cm³/mol. The zero-order chi connectivity index (χ0) is 18.1. The number of halogens is 2. The molecule has 1 rings (SSSR count). The van der Waals surface area contributed by atoms with Crippen LogP contribution in [0.15, 0.2) is 0 Å². The maximum absolute atomic E-state index is 12.7. The fraction of sp³-hybridized carbons (Fsp3) is 0.875. The van der Waals surface area contributed by atoms with Crippen LogP contribution >= 0.6 is 0 Å². The Balaban J connectivity index is 0.000000468. The second-order valence-corrected chi connectivity index (χ2v) is 6.42. The van der Waals surface area contributed by atoms with Gasteiger partial charge in [0.25, 0.3) is 5.92 Å². The van der Waals surface area contributed by atoms with Crippen LogP contribution in [0.3, 0.4) is 0 Å². The van der Waals surface area contributed by atoms with Gasteiger partial charge in [-0.15, -0.1) is 0 Å². The van der Waals surface area contributed by atoms with Gasteiger partial charge in [0.2, 0.25) is 0 Å². The molecule has 5 nitrogen and oxygen atoms in total. The molecule has 0 aromatic carbocycles. The number of nitrogens with zero attached hydrogens (tertiary/aromatic N) is 1. The lowest BCUT2D eigenvalue weighted by Crippen LogP contribution is -2.36. The average Bonchev–Trinajstić information content (AvgIpc) is 2.76. The summed E-state index contributed by atoms with van der Waals surface area (Å²) >= 11 is 0. The SMILES string of the molecule is CC(C)(C)OC(=O)N1CCC(F)(F)C1.CCCCC(=O)OCC. The molecule has 0 aromatic rings. The number of hydrogen-bond donors (Lipinski definition) is 0. The van der Waals surface area contributed by atoms with Gasteiger partial charge in [-0.1, -0.05) is 13.3 Å². The number of alkyl halides is 2. The average molecular weight is 337 g/mol. The number of carbonyl (C=O) groups is 2. The van der Waals surface area contributed by atoms with E-state index in [-0.39, 0.29) is 18.9 Å². The Morgan fingerprint density at radius 1 is 1.22 bits per heavy atom. The van der Waals surface area contributed by atoms with Crippen molar-refractivity contribution < 1.29 is 27.8 Å². The molecule has 136 valence electrons. The number of rotatable bonds is 4. The summed E-state index contributed by atoms with van der Waals surface area (Å²) in [5, 5.41) is 0. The zero-order valence-electron chi connectivity index (χ0n) is 14.8. The summed E-state index contributed by atoms with van der Waals surface area (Å²) in [5.74, 6) is -2.82. The van der Waals surface area contributed by atoms with Gasteiger partial charge in [0.1, 0.15) is 5.60 Å². The van der Waals surface area contributed by atoms with E-state index >= 15 is 0 Å². The first-order valence-corrected chi connectivity index (χ1v) is 8.02. The molecule has 0 bridgehead atoms. The van der Waals surface area contributed by atoms with Crippen molar-refractivity contribution in [1.29, 1.82) is 0 Å². The van der Waals surface area contributed by atoms with Crippen molar-refractivity contribution in [2.75, 3.05) is 19.7 Å². The summed E-state index contributed by atoms with van der Waals surface area (Å²) < 4.78 is 35.2. The Morgan fingerprint density at radius 3 is 2.22 bits per heavy atom. The molecule has 0 aliphatic carbocycles. The maximum Gasteiger partial charge on any atom is 0.410 e. The van der Waals surface area contributed by atoms with Gasteiger partial charge in [0.15, 0.2) is 0 Å². The Hall–Kier alpha value is -1.40. The molecule has 23 heavy (non-hydrogen) atoms. The van der Waals surface area contributed by atoms with Crippen molar-refractivity contribution in [2.24, 2.45) is 0 Å². The van der Waals surface area contributed by atoms with Crippen LogP contribution in [0, 0.1) is 0 Å². The molecule has 1 saturated heterocycles. The van der Waals surface area contributed by atoms with E-state index < -0.39 is 24.2 Å². The highest BCUT2D eigenvalue weighted by Crippen LogP contribution is 2.27. The zero-order valence-corrected chi connectivity index (χ0v) is 14.8. The fourth-order valence-corrected chi connectivity index (χ4v) is 1.77. The van der Waals surface area contributed by atoms with Gasteiger partial charge in [-0.2, -0.15) is 0 Å². The van der Waals surface area contributed by atoms with Crippen LogP contribution < -0.4 is 0 Å². The quantitative estimate of drug-likeness (QED) is 0.728. The fourth-order valence-electron chi connectivity index (χ4n) is 1.77. The summed E-state index contributed by atoms with van der Waals surface area (Å²) in [4.78, 5) is 22.9. The number of ether oxygens (including phenoxy) is 2. The molecule has 7 heteroatoms. The van der Waals surface area contributed by atoms with E-state index in [2.05, 4.69) is 6.92 Å². The van der Waals surface area contributed by atoms with Crippen LogP contribution in [0.5, 0.6) is 0 Å². The van der Waals surface area contributed by atoms with E-state index in [0.717, 1.165) is 17.7 Å². The number of hydrogen-bond acceptors (Lipinski definition) is 4. The third kappa shape index (κ3) is 10.9. The van der Waals surface area contributed by atoms with Crippen LogP contribution in [0.25, 0.3) is 0 Å². The molecular formula is C16H29F2NO4. The Bertz CT molecular complexity index is 381. The van der Waals surface area contributed by atoms with Gasteiger partial charge in [0, 0.05) is 19.4 Å². The minimum absolute atomic E-state index is 0.0700. The van der Waals surface area contributed by atoms with Crippen molar-refractivity contribution in [1.82, 2.24) is 4.90 Å². The number of unbranched alkanes of at least 4 members (excludes halogenated alkanes) is 1. The molecule has 1 aliphatic heterocycles. The minimum atomic E-state index is -2.75. The number of esters is 1. The van der Waals surface area contributed by atoms with Crippen LogP contribution in [0.2, 0.25) is 0 Å². The third-order valence-corrected chi connectivity index (χ3v) is 2.86. The molecule has 0 spiro atoms. The second kappa shape index (κ2) is 9.67. The summed E-state index contributed by atoms with van der Waals surface area (Å²) in [7, 11) is 0. The van der Waals surface area contributed by atoms with E-state index in [9.17, 15) is 18.4 Å². The largest absolute Gasteiger partial charge is 0.466 e. The van der Waals surface area contributed by atoms with Crippen molar-refractivity contribution in [2.45, 2.75) is 71.8 Å². The van der Waals surface area contributed by atoms with E-state index in [0.29, 0.717) is 13.0 Å². The van der Waals surface area contributed by atoms with Gasteiger partial charge in [0.05, 0.1) is 13.2 Å². The van der Waals surface area contributed by atoms with Gasteiger partial charge in [-0.05, 0) is 34.1 Å². The van der Waals surface area contributed by atoms with Crippen molar-refractivity contribution >= 4 is 12.1 Å². The summed E-state index contributed by atoms with van der Waals surface area (Å²) in [6, 6.07) is 0. The standard InChI is InChI=1S/C9H15F2NO2.C7H14O2/c1-8(2,3)14-7(13)12-5-4-9(10,11)6-12;1-3-5-6-7(8)9-4-2/h4-6H2,1-3H3;3-6H2,1-2H3. The smallest absolute Gasteiger partial charge is 0.410 e. The van der Waals surface area contributed by atoms with Crippen LogP contribution in [0.1, 0.15) is 60.3 Å². The highest BCUT2D eigenvalue weighted by molar-refractivity contribution is 5.69. The third-order valence-electron chi connectivity index (χ3n) is 2.86. The lowest BCUT2D eigenvalue weighted by molar-refractivity contribution is -0.143. The number of amides is 1. The molecule has 1 amide bonds. The van der Waals surface area contributed by atoms with Crippen molar-refractivity contribution in [3.63, 3.8) is 0 Å². The van der Waals surface area contributed by atoms with E-state index in [1.807, 2.05) is 6.92 Å². The van der Waals surface area contributed by atoms with Gasteiger partial charge >= 0.3 is 12.1 Å². The molecule has 0 N–H and O–H groups in total. The first-order valence-electron chi connectivity index (χ1n) is 8.02. The highest BCUT2D eigenvalue weighted by Gasteiger charge is 2.41. The van der Waals surface area contributed by atoms with Gasteiger partial charge < -0.3 is 14.4 Å². The Morgan fingerprint density at radius 2 is 1.83 bits per heavy atom. The summed E-state index contributed by atoms with van der Waals surface area (Å²) in [6.45, 7) is 9.05. The molecule has 1 fully saturated rings. The van der Waals surface area contributed by atoms with Gasteiger partial charge in [-0.25, -0.2) is 13.6 Å². The van der Waals surface area contributed by atoms with Crippen LogP contribution in [-0.2, 0) is 14.3 Å². The van der Waals surface area contributed by atoms with Crippen LogP contribution in [-0.4, -0.2) is 48.2 Å². The topological polar surface area (TPSA) is 55.8 Å². The number of likely N-dealkylation sites (tertiary alicyclic amines) is 1. The van der Waals surface area contributed by atoms with Gasteiger partial charge in [-0.3, -0.25) is 4.79 Å². The van der Waals surface area contributed by atoms with E-state index in [1.165, 1.54) is 0 Å². The van der Waals surface area contributed by atoms with E-state index in [4.69, 9.17) is 9.47 Å². The Labute approximate surface area is 137 Å². The predicted octanol–water partition coefficient (Wildman–Crippen LogP) is 4.00. The summed E-state index contributed by atoms with van der Waals surface area (Å²) in [5.41, 5.74) is -0.630. The monoisotopic (exact) mass is 337 g/mol. The molecule has 0 radical (unpaired) electrons. The second-order valence-electron chi connectivity index (χ2n) is 6.42. The molecule has 0 aromatic heterocycles. The van der Waals surface area contributed by atoms with Crippen molar-refractivity contribution in [3.05, 3.63) is 0 Å². The van der Waals surface area contributed by atoms with Crippen molar-refractivity contribution in [3.8, 4) is 0 Å². The minimum Gasteiger partial charge on any atom is -0.466 e. The summed E-state index contributed by atoms with van der Waals surface area (Å²) in [6.07, 6.45) is 1.64. The van der Waals surface area contributed by atoms with E-state index in [1.54, 1.807) is 20.8 Å². The molecule has 0 saturated carbocycles. The maximum atomic E-state index is 12.7. The molecule has 1 heterocycles. The Kier molecular flexibility index (Phi) is 9.09. The highest BCUT2D eigenvalue weighted by atomic mass is 19.3. The normalized spacial score (nSPS) is 16.4.